The molecule has 1 saturated carbocycles. The van der Waals surface area contributed by atoms with Crippen molar-refractivity contribution >= 4 is 5.91 Å². The Balaban J connectivity index is 2.24. The molecule has 0 unspecified atom stereocenters. The van der Waals surface area contributed by atoms with E-state index in [0.29, 0.717) is 12.8 Å². The van der Waals surface area contributed by atoms with Gasteiger partial charge < -0.3 is 15.2 Å². The molecule has 17 heavy (non-hydrogen) atoms. The van der Waals surface area contributed by atoms with Crippen molar-refractivity contribution in [3.8, 4) is 5.75 Å². The maximum atomic E-state index is 13.6. The Morgan fingerprint density at radius 3 is 2.82 bits per heavy atom. The molecular weight excluding hydrogens is 225 g/mol. The molecule has 0 heterocycles. The molecule has 92 valence electrons. The predicted molar refractivity (Wildman–Crippen MR) is 59.5 cm³/mol. The van der Waals surface area contributed by atoms with Crippen molar-refractivity contribution in [1.82, 2.24) is 5.32 Å². The number of carbonyl (C=O) groups is 1. The summed E-state index contributed by atoms with van der Waals surface area (Å²) in [6.45, 7) is -0.129. The summed E-state index contributed by atoms with van der Waals surface area (Å²) in [7, 11) is 1.38. The number of methoxy groups -OCH3 is 1. The van der Waals surface area contributed by atoms with E-state index in [0.717, 1.165) is 0 Å². The molecule has 1 amide bonds. The van der Waals surface area contributed by atoms with E-state index in [4.69, 9.17) is 9.84 Å². The Morgan fingerprint density at radius 1 is 1.59 bits per heavy atom. The van der Waals surface area contributed by atoms with Gasteiger partial charge in [-0.1, -0.05) is 6.07 Å². The van der Waals surface area contributed by atoms with Gasteiger partial charge in [-0.2, -0.15) is 0 Å². The summed E-state index contributed by atoms with van der Waals surface area (Å²) < 4.78 is 18.5. The van der Waals surface area contributed by atoms with Crippen LogP contribution in [0.15, 0.2) is 18.2 Å². The van der Waals surface area contributed by atoms with Gasteiger partial charge in [-0.15, -0.1) is 0 Å². The van der Waals surface area contributed by atoms with E-state index in [-0.39, 0.29) is 17.9 Å². The van der Waals surface area contributed by atoms with Crippen molar-refractivity contribution in [2.45, 2.75) is 18.4 Å². The van der Waals surface area contributed by atoms with Crippen LogP contribution in [0.4, 0.5) is 4.39 Å². The molecule has 0 bridgehead atoms. The summed E-state index contributed by atoms with van der Waals surface area (Å²) in [5, 5.41) is 11.7. The van der Waals surface area contributed by atoms with Crippen LogP contribution >= 0.6 is 0 Å². The molecule has 1 aromatic rings. The van der Waals surface area contributed by atoms with Crippen LogP contribution in [0.5, 0.6) is 5.75 Å². The first-order valence-corrected chi connectivity index (χ1v) is 5.38. The summed E-state index contributed by atoms with van der Waals surface area (Å²) in [4.78, 5) is 11.9. The summed E-state index contributed by atoms with van der Waals surface area (Å²) >= 11 is 0. The van der Waals surface area contributed by atoms with E-state index in [9.17, 15) is 9.18 Å². The average molecular weight is 239 g/mol. The normalized spacial score (nSPS) is 16.4. The quantitative estimate of drug-likeness (QED) is 0.826. The van der Waals surface area contributed by atoms with Crippen LogP contribution in [0.25, 0.3) is 0 Å². The van der Waals surface area contributed by atoms with Crippen LogP contribution in [0, 0.1) is 5.82 Å². The van der Waals surface area contributed by atoms with Crippen molar-refractivity contribution in [2.75, 3.05) is 13.7 Å². The minimum atomic E-state index is -0.629. The number of benzene rings is 1. The van der Waals surface area contributed by atoms with E-state index >= 15 is 0 Å². The fourth-order valence-electron chi connectivity index (χ4n) is 1.67. The minimum Gasteiger partial charge on any atom is -0.496 e. The van der Waals surface area contributed by atoms with Crippen LogP contribution in [0.2, 0.25) is 0 Å². The molecule has 2 rings (SSSR count). The number of ether oxygens (including phenoxy) is 1. The lowest BCUT2D eigenvalue weighted by molar-refractivity contribution is 0.0899. The monoisotopic (exact) mass is 239 g/mol. The van der Waals surface area contributed by atoms with Gasteiger partial charge in [0, 0.05) is 0 Å². The number of hydrogen-bond acceptors (Lipinski definition) is 3. The Bertz CT molecular complexity index is 443. The predicted octanol–water partition coefficient (Wildman–Crippen LogP) is 1.09. The SMILES string of the molecule is COc1cccc(F)c1C(=O)NC1(CO)CC1. The zero-order chi connectivity index (χ0) is 12.5. The molecule has 0 saturated heterocycles. The average Bonchev–Trinajstić information content (AvgIpc) is 3.08. The molecular formula is C12H14FNO3. The highest BCUT2D eigenvalue weighted by Crippen LogP contribution is 2.35. The Kier molecular flexibility index (Phi) is 3.02. The molecule has 1 aliphatic rings. The zero-order valence-electron chi connectivity index (χ0n) is 9.50. The van der Waals surface area contributed by atoms with Crippen molar-refractivity contribution in [1.29, 1.82) is 0 Å². The third-order valence-electron chi connectivity index (χ3n) is 2.96. The first-order chi connectivity index (χ1) is 8.12. The molecule has 0 aromatic heterocycles. The Labute approximate surface area is 98.4 Å². The first kappa shape index (κ1) is 11.9. The van der Waals surface area contributed by atoms with E-state index < -0.39 is 17.3 Å². The number of rotatable bonds is 4. The molecule has 1 aromatic carbocycles. The van der Waals surface area contributed by atoms with E-state index in [1.165, 1.54) is 25.3 Å². The Morgan fingerprint density at radius 2 is 2.29 bits per heavy atom. The van der Waals surface area contributed by atoms with Crippen LogP contribution in [0.1, 0.15) is 23.2 Å². The van der Waals surface area contributed by atoms with Gasteiger partial charge in [0.05, 0.1) is 19.3 Å². The van der Waals surface area contributed by atoms with Gasteiger partial charge >= 0.3 is 0 Å². The van der Waals surface area contributed by atoms with Crippen LogP contribution < -0.4 is 10.1 Å². The highest BCUT2D eigenvalue weighted by Gasteiger charge is 2.44. The first-order valence-electron chi connectivity index (χ1n) is 5.38. The van der Waals surface area contributed by atoms with Crippen molar-refractivity contribution in [2.24, 2.45) is 0 Å². The number of nitrogens with one attached hydrogen (secondary N) is 1. The van der Waals surface area contributed by atoms with Crippen LogP contribution in [-0.4, -0.2) is 30.3 Å². The molecule has 0 radical (unpaired) electrons. The molecule has 2 N–H and O–H groups in total. The van der Waals surface area contributed by atoms with Gasteiger partial charge in [-0.25, -0.2) is 4.39 Å². The van der Waals surface area contributed by atoms with E-state index in [1.54, 1.807) is 0 Å². The third kappa shape index (κ3) is 2.24. The number of aliphatic hydroxyl groups is 1. The molecule has 1 aliphatic carbocycles. The van der Waals surface area contributed by atoms with Gasteiger partial charge in [0.25, 0.3) is 5.91 Å². The fraction of sp³-hybridized carbons (Fsp3) is 0.417. The number of aliphatic hydroxyl groups excluding tert-OH is 1. The molecule has 4 nitrogen and oxygen atoms in total. The fourth-order valence-corrected chi connectivity index (χ4v) is 1.67. The second-order valence-electron chi connectivity index (χ2n) is 4.21. The lowest BCUT2D eigenvalue weighted by Gasteiger charge is -2.16. The van der Waals surface area contributed by atoms with Gasteiger partial charge in [-0.3, -0.25) is 4.79 Å². The van der Waals surface area contributed by atoms with E-state index in [1.807, 2.05) is 0 Å². The molecule has 0 spiro atoms. The smallest absolute Gasteiger partial charge is 0.258 e. The van der Waals surface area contributed by atoms with Gasteiger partial charge in [0.15, 0.2) is 0 Å². The summed E-state index contributed by atoms with van der Waals surface area (Å²) in [5.41, 5.74) is -0.681. The standard InChI is InChI=1S/C12H14FNO3/c1-17-9-4-2-3-8(13)10(9)11(16)14-12(7-15)5-6-12/h2-4,15H,5-7H2,1H3,(H,14,16). The largest absolute Gasteiger partial charge is 0.496 e. The number of halogens is 1. The highest BCUT2D eigenvalue weighted by molar-refractivity contribution is 5.97. The maximum Gasteiger partial charge on any atom is 0.258 e. The highest BCUT2D eigenvalue weighted by atomic mass is 19.1. The van der Waals surface area contributed by atoms with Crippen molar-refractivity contribution < 1.29 is 19.0 Å². The van der Waals surface area contributed by atoms with Crippen molar-refractivity contribution in [3.05, 3.63) is 29.6 Å². The van der Waals surface area contributed by atoms with Gasteiger partial charge in [0.2, 0.25) is 0 Å². The minimum absolute atomic E-state index is 0.116. The summed E-state index contributed by atoms with van der Waals surface area (Å²) in [6, 6.07) is 4.20. The second-order valence-corrected chi connectivity index (χ2v) is 4.21. The summed E-state index contributed by atoms with van der Waals surface area (Å²) in [6.07, 6.45) is 1.43. The topological polar surface area (TPSA) is 58.6 Å². The Hall–Kier alpha value is -1.62. The van der Waals surface area contributed by atoms with Crippen LogP contribution in [-0.2, 0) is 0 Å². The molecule has 0 aliphatic heterocycles. The van der Waals surface area contributed by atoms with E-state index in [2.05, 4.69) is 5.32 Å². The lowest BCUT2D eigenvalue weighted by atomic mass is 10.1. The molecule has 5 heteroatoms. The van der Waals surface area contributed by atoms with Crippen LogP contribution in [0.3, 0.4) is 0 Å². The zero-order valence-corrected chi connectivity index (χ0v) is 9.50. The lowest BCUT2D eigenvalue weighted by Crippen LogP contribution is -2.40. The molecule has 1 fully saturated rings. The summed E-state index contributed by atoms with van der Waals surface area (Å²) in [5.74, 6) is -0.988. The second kappa shape index (κ2) is 4.33. The molecule has 0 atom stereocenters. The maximum absolute atomic E-state index is 13.6. The van der Waals surface area contributed by atoms with Gasteiger partial charge in [-0.05, 0) is 25.0 Å². The number of amides is 1. The van der Waals surface area contributed by atoms with Gasteiger partial charge in [0.1, 0.15) is 17.1 Å². The number of carbonyl (C=O) groups excluding carboxylic acids is 1. The van der Waals surface area contributed by atoms with Crippen molar-refractivity contribution in [3.63, 3.8) is 0 Å². The third-order valence-corrected chi connectivity index (χ3v) is 2.96. The number of hydrogen-bond donors (Lipinski definition) is 2.